The van der Waals surface area contributed by atoms with Gasteiger partial charge in [0.25, 0.3) is 0 Å². The molecule has 0 aliphatic carbocycles. The predicted molar refractivity (Wildman–Crippen MR) is 59.7 cm³/mol. The van der Waals surface area contributed by atoms with Crippen molar-refractivity contribution < 1.29 is 14.3 Å². The van der Waals surface area contributed by atoms with Crippen LogP contribution in [0.5, 0.6) is 0 Å². The first-order chi connectivity index (χ1) is 7.65. The van der Waals surface area contributed by atoms with Gasteiger partial charge in [0.05, 0.1) is 24.8 Å². The number of rotatable bonds is 4. The number of nitrogens with zero attached hydrogens (tertiary/aromatic N) is 1. The number of carbonyl (C=O) groups is 1. The molecule has 0 saturated carbocycles. The van der Waals surface area contributed by atoms with E-state index in [1.54, 1.807) is 6.26 Å². The second-order valence-electron chi connectivity index (χ2n) is 3.44. The molecule has 1 N–H and O–H groups in total. The third-order valence-corrected chi connectivity index (χ3v) is 3.31. The van der Waals surface area contributed by atoms with Crippen LogP contribution in [0.1, 0.15) is 21.3 Å². The smallest absolute Gasteiger partial charge is 0.308 e. The Balaban J connectivity index is 2.14. The third-order valence-electron chi connectivity index (χ3n) is 2.15. The van der Waals surface area contributed by atoms with E-state index in [1.807, 2.05) is 19.1 Å². The molecule has 0 saturated heterocycles. The minimum atomic E-state index is -0.823. The molecule has 0 spiro atoms. The average molecular weight is 237 g/mol. The van der Waals surface area contributed by atoms with Crippen molar-refractivity contribution in [1.82, 2.24) is 4.98 Å². The summed E-state index contributed by atoms with van der Waals surface area (Å²) in [6, 6.07) is 3.71. The topological polar surface area (TPSA) is 63.3 Å². The van der Waals surface area contributed by atoms with Crippen molar-refractivity contribution in [3.63, 3.8) is 0 Å². The van der Waals surface area contributed by atoms with Crippen LogP contribution in [0.2, 0.25) is 0 Å². The van der Waals surface area contributed by atoms with E-state index in [0.717, 1.165) is 21.3 Å². The molecule has 0 aliphatic rings. The summed E-state index contributed by atoms with van der Waals surface area (Å²) < 4.78 is 5.22. The Hall–Kier alpha value is -1.62. The molecule has 0 aliphatic heterocycles. The molecule has 4 nitrogen and oxygen atoms in total. The van der Waals surface area contributed by atoms with Crippen LogP contribution in [0.4, 0.5) is 0 Å². The highest BCUT2D eigenvalue weighted by Gasteiger charge is 2.11. The average Bonchev–Trinajstić information content (AvgIpc) is 2.78. The van der Waals surface area contributed by atoms with E-state index in [-0.39, 0.29) is 6.42 Å². The van der Waals surface area contributed by atoms with Gasteiger partial charge < -0.3 is 9.52 Å². The number of carboxylic acid groups (broad SMARTS) is 1. The van der Waals surface area contributed by atoms with E-state index in [4.69, 9.17) is 9.52 Å². The molecule has 0 bridgehead atoms. The van der Waals surface area contributed by atoms with Gasteiger partial charge in [0, 0.05) is 4.88 Å². The van der Waals surface area contributed by atoms with Crippen LogP contribution >= 0.6 is 11.3 Å². The first-order valence-corrected chi connectivity index (χ1v) is 5.66. The van der Waals surface area contributed by atoms with Gasteiger partial charge in [-0.15, -0.1) is 11.3 Å². The molecule has 0 unspecified atom stereocenters. The predicted octanol–water partition coefficient (Wildman–Crippen LogP) is 2.26. The minimum absolute atomic E-state index is 0.0433. The van der Waals surface area contributed by atoms with Gasteiger partial charge in [-0.05, 0) is 19.1 Å². The molecule has 0 radical (unpaired) electrons. The lowest BCUT2D eigenvalue weighted by Crippen LogP contribution is -1.99. The molecule has 84 valence electrons. The monoisotopic (exact) mass is 237 g/mol. The highest BCUT2D eigenvalue weighted by atomic mass is 32.1. The van der Waals surface area contributed by atoms with Crippen molar-refractivity contribution in [2.24, 2.45) is 0 Å². The van der Waals surface area contributed by atoms with E-state index >= 15 is 0 Å². The number of aliphatic carboxylic acids is 1. The standard InChI is InChI=1S/C11H11NO3S/c1-7-9(6-11(13)14)16-10(12-7)5-8-3-2-4-15-8/h2-4H,5-6H2,1H3,(H,13,14). The number of thiazole rings is 1. The largest absolute Gasteiger partial charge is 0.481 e. The van der Waals surface area contributed by atoms with Crippen LogP contribution in [0, 0.1) is 6.92 Å². The lowest BCUT2D eigenvalue weighted by Gasteiger charge is -1.90. The van der Waals surface area contributed by atoms with Gasteiger partial charge in [-0.1, -0.05) is 0 Å². The summed E-state index contributed by atoms with van der Waals surface area (Å²) in [5.74, 6) is 0.0203. The number of hydrogen-bond donors (Lipinski definition) is 1. The number of aromatic nitrogens is 1. The summed E-state index contributed by atoms with van der Waals surface area (Å²) in [6.07, 6.45) is 2.29. The highest BCUT2D eigenvalue weighted by Crippen LogP contribution is 2.21. The Morgan fingerprint density at radius 2 is 2.44 bits per heavy atom. The van der Waals surface area contributed by atoms with Crippen molar-refractivity contribution in [1.29, 1.82) is 0 Å². The normalized spacial score (nSPS) is 10.6. The quantitative estimate of drug-likeness (QED) is 0.885. The Bertz CT molecular complexity index is 487. The fourth-order valence-corrected chi connectivity index (χ4v) is 2.50. The zero-order valence-corrected chi connectivity index (χ0v) is 9.58. The van der Waals surface area contributed by atoms with E-state index < -0.39 is 5.97 Å². The van der Waals surface area contributed by atoms with Crippen molar-refractivity contribution in [2.75, 3.05) is 0 Å². The van der Waals surface area contributed by atoms with Crippen LogP contribution in [0.15, 0.2) is 22.8 Å². The van der Waals surface area contributed by atoms with E-state index in [0.29, 0.717) is 6.42 Å². The Morgan fingerprint density at radius 1 is 1.62 bits per heavy atom. The molecule has 2 rings (SSSR count). The molecule has 2 aromatic heterocycles. The maximum atomic E-state index is 10.6. The summed E-state index contributed by atoms with van der Waals surface area (Å²) in [5.41, 5.74) is 0.800. The number of furan rings is 1. The van der Waals surface area contributed by atoms with Crippen molar-refractivity contribution in [2.45, 2.75) is 19.8 Å². The second kappa shape index (κ2) is 4.49. The summed E-state index contributed by atoms with van der Waals surface area (Å²) in [5, 5.41) is 9.61. The van der Waals surface area contributed by atoms with E-state index in [2.05, 4.69) is 4.98 Å². The molecule has 0 atom stereocenters. The van der Waals surface area contributed by atoms with Crippen LogP contribution < -0.4 is 0 Å². The van der Waals surface area contributed by atoms with Gasteiger partial charge in [0.1, 0.15) is 10.8 Å². The van der Waals surface area contributed by atoms with E-state index in [1.165, 1.54) is 11.3 Å². The second-order valence-corrected chi connectivity index (χ2v) is 4.61. The SMILES string of the molecule is Cc1nc(Cc2ccco2)sc1CC(=O)O. The Kier molecular flexibility index (Phi) is 3.05. The van der Waals surface area contributed by atoms with Crippen LogP contribution in [-0.2, 0) is 17.6 Å². The third kappa shape index (κ3) is 2.49. The summed E-state index contributed by atoms with van der Waals surface area (Å²) >= 11 is 1.43. The first kappa shape index (κ1) is 10.9. The minimum Gasteiger partial charge on any atom is -0.481 e. The molecule has 2 aromatic rings. The van der Waals surface area contributed by atoms with Gasteiger partial charge in [-0.2, -0.15) is 0 Å². The van der Waals surface area contributed by atoms with Crippen LogP contribution in [-0.4, -0.2) is 16.1 Å². The van der Waals surface area contributed by atoms with Gasteiger partial charge >= 0.3 is 5.97 Å². The Morgan fingerprint density at radius 3 is 3.06 bits per heavy atom. The summed E-state index contributed by atoms with van der Waals surface area (Å²) in [7, 11) is 0. The van der Waals surface area contributed by atoms with Crippen molar-refractivity contribution in [3.8, 4) is 0 Å². The van der Waals surface area contributed by atoms with Gasteiger partial charge in [-0.3, -0.25) is 4.79 Å². The molecule has 0 amide bonds. The zero-order chi connectivity index (χ0) is 11.5. The van der Waals surface area contributed by atoms with Gasteiger partial charge in [-0.25, -0.2) is 4.98 Å². The summed E-state index contributed by atoms with van der Waals surface area (Å²) in [6.45, 7) is 1.83. The molecule has 2 heterocycles. The van der Waals surface area contributed by atoms with E-state index in [9.17, 15) is 4.79 Å². The van der Waals surface area contributed by atoms with Gasteiger partial charge in [0.2, 0.25) is 0 Å². The fraction of sp³-hybridized carbons (Fsp3) is 0.273. The number of aryl methyl sites for hydroxylation is 1. The lowest BCUT2D eigenvalue weighted by molar-refractivity contribution is -0.136. The van der Waals surface area contributed by atoms with Crippen molar-refractivity contribution in [3.05, 3.63) is 39.7 Å². The van der Waals surface area contributed by atoms with Crippen molar-refractivity contribution >= 4 is 17.3 Å². The number of carboxylic acids is 1. The first-order valence-electron chi connectivity index (χ1n) is 4.84. The Labute approximate surface area is 96.6 Å². The maximum absolute atomic E-state index is 10.6. The zero-order valence-electron chi connectivity index (χ0n) is 8.77. The maximum Gasteiger partial charge on any atom is 0.308 e. The molecule has 16 heavy (non-hydrogen) atoms. The molecule has 0 fully saturated rings. The lowest BCUT2D eigenvalue weighted by atomic mass is 10.3. The molecular weight excluding hydrogens is 226 g/mol. The number of hydrogen-bond acceptors (Lipinski definition) is 4. The highest BCUT2D eigenvalue weighted by molar-refractivity contribution is 7.11. The van der Waals surface area contributed by atoms with Gasteiger partial charge in [0.15, 0.2) is 0 Å². The van der Waals surface area contributed by atoms with Crippen LogP contribution in [0.25, 0.3) is 0 Å². The fourth-order valence-electron chi connectivity index (χ4n) is 1.43. The summed E-state index contributed by atoms with van der Waals surface area (Å²) in [4.78, 5) is 15.8. The van der Waals surface area contributed by atoms with Crippen LogP contribution in [0.3, 0.4) is 0 Å². The molecule has 0 aromatic carbocycles. The molecular formula is C11H11NO3S. The molecule has 5 heteroatoms.